The Labute approximate surface area is 183 Å². The predicted octanol–water partition coefficient (Wildman–Crippen LogP) is -5.29. The average molecular weight is 472 g/mol. The second-order valence-corrected chi connectivity index (χ2v) is 7.19. The van der Waals surface area contributed by atoms with Crippen LogP contribution in [0.4, 0.5) is 4.79 Å². The lowest BCUT2D eigenvalue weighted by Crippen LogP contribution is -2.65. The van der Waals surface area contributed by atoms with Crippen LogP contribution in [0.25, 0.3) is 0 Å². The topological polar surface area (TPSA) is 246 Å². The molecule has 0 spiro atoms. The van der Waals surface area contributed by atoms with Gasteiger partial charge in [0.15, 0.2) is 18.7 Å². The van der Waals surface area contributed by atoms with Crippen LogP contribution in [0, 0.1) is 0 Å². The van der Waals surface area contributed by atoms with E-state index in [-0.39, 0.29) is 19.8 Å². The van der Waals surface area contributed by atoms with E-state index in [1.807, 2.05) is 0 Å². The van der Waals surface area contributed by atoms with Gasteiger partial charge in [0.2, 0.25) is 0 Å². The van der Waals surface area contributed by atoms with Crippen molar-refractivity contribution in [2.45, 2.75) is 61.4 Å². The van der Waals surface area contributed by atoms with E-state index in [2.05, 4.69) is 0 Å². The van der Waals surface area contributed by atoms with Crippen molar-refractivity contribution in [3.63, 3.8) is 0 Å². The minimum absolute atomic E-state index is 0.0367. The van der Waals surface area contributed by atoms with Crippen LogP contribution in [0.2, 0.25) is 0 Å². The molecule has 2 heterocycles. The van der Waals surface area contributed by atoms with Crippen molar-refractivity contribution in [3.8, 4) is 0 Å². The normalized spacial score (nSPS) is 40.2. The van der Waals surface area contributed by atoms with E-state index in [4.69, 9.17) is 39.9 Å². The van der Waals surface area contributed by atoms with E-state index >= 15 is 0 Å². The van der Waals surface area contributed by atoms with E-state index in [0.29, 0.717) is 6.54 Å². The third kappa shape index (κ3) is 6.66. The van der Waals surface area contributed by atoms with Gasteiger partial charge in [-0.2, -0.15) is 0 Å². The lowest BCUT2D eigenvalue weighted by atomic mass is 9.97. The summed E-state index contributed by atoms with van der Waals surface area (Å²) in [6.45, 7) is -0.711. The number of rotatable bonds is 11. The molecule has 0 saturated carbocycles. The van der Waals surface area contributed by atoms with Gasteiger partial charge in [-0.3, -0.25) is 0 Å². The summed E-state index contributed by atoms with van der Waals surface area (Å²) in [6.07, 6.45) is -16.6. The zero-order valence-electron chi connectivity index (χ0n) is 17.2. The zero-order chi connectivity index (χ0) is 23.8. The summed E-state index contributed by atoms with van der Waals surface area (Å²) in [5.41, 5.74) is 10.3. The van der Waals surface area contributed by atoms with Gasteiger partial charge in [-0.25, -0.2) is 4.79 Å². The van der Waals surface area contributed by atoms with Crippen molar-refractivity contribution in [2.24, 2.45) is 11.5 Å². The van der Waals surface area contributed by atoms with Gasteiger partial charge in [0, 0.05) is 6.54 Å². The van der Waals surface area contributed by atoms with Crippen molar-refractivity contribution < 1.29 is 63.9 Å². The van der Waals surface area contributed by atoms with Crippen LogP contribution >= 0.6 is 0 Å². The van der Waals surface area contributed by atoms with Crippen LogP contribution in [0.5, 0.6) is 0 Å². The quantitative estimate of drug-likeness (QED) is 0.131. The molecule has 15 nitrogen and oxygen atoms in total. The van der Waals surface area contributed by atoms with Crippen molar-refractivity contribution in [3.05, 3.63) is 0 Å². The van der Waals surface area contributed by atoms with Crippen LogP contribution < -0.4 is 11.5 Å². The standard InChI is InChI=1S/C17H32N2O13/c18-1-2-27-3-4-28-16-14(11(24)9(22)7(5-20)30-16)31-15-12(25)13(32-17(19)26)10(23)8(6-21)29-15/h7-16,20-25H,1-6,18H2,(H2,19,26)/t7-,8+,9+,10+,11-,12-,13-,14-,15+,16?/m0/s1. The Morgan fingerprint density at radius 1 is 0.812 bits per heavy atom. The Morgan fingerprint density at radius 2 is 1.44 bits per heavy atom. The van der Waals surface area contributed by atoms with Crippen molar-refractivity contribution in [2.75, 3.05) is 39.6 Å². The number of hydrogen-bond donors (Lipinski definition) is 8. The first-order chi connectivity index (χ1) is 15.2. The van der Waals surface area contributed by atoms with E-state index < -0.39 is 80.7 Å². The molecule has 0 radical (unpaired) electrons. The maximum Gasteiger partial charge on any atom is 0.404 e. The van der Waals surface area contributed by atoms with Crippen LogP contribution in [-0.4, -0.2) is 138 Å². The predicted molar refractivity (Wildman–Crippen MR) is 101 cm³/mol. The van der Waals surface area contributed by atoms with Gasteiger partial charge in [0.1, 0.15) is 42.7 Å². The zero-order valence-corrected chi connectivity index (χ0v) is 17.2. The first-order valence-corrected chi connectivity index (χ1v) is 10.0. The first kappa shape index (κ1) is 27.0. The van der Waals surface area contributed by atoms with Crippen LogP contribution in [0.1, 0.15) is 0 Å². The molecule has 2 aliphatic rings. The molecule has 0 aliphatic carbocycles. The number of nitrogens with two attached hydrogens (primary N) is 2. The largest absolute Gasteiger partial charge is 0.441 e. The van der Waals surface area contributed by atoms with Crippen molar-refractivity contribution in [1.82, 2.24) is 0 Å². The minimum Gasteiger partial charge on any atom is -0.441 e. The summed E-state index contributed by atoms with van der Waals surface area (Å²) < 4.78 is 31.7. The molecule has 15 heteroatoms. The lowest BCUT2D eigenvalue weighted by molar-refractivity contribution is -0.367. The molecule has 2 saturated heterocycles. The number of ether oxygens (including phenoxy) is 6. The van der Waals surface area contributed by atoms with Gasteiger partial charge < -0.3 is 70.5 Å². The summed E-state index contributed by atoms with van der Waals surface area (Å²) in [7, 11) is 0. The second kappa shape index (κ2) is 12.9. The third-order valence-electron chi connectivity index (χ3n) is 4.96. The Hall–Kier alpha value is -1.21. The van der Waals surface area contributed by atoms with Gasteiger partial charge in [-0.05, 0) is 0 Å². The fourth-order valence-electron chi connectivity index (χ4n) is 3.34. The number of carbonyl (C=O) groups is 1. The molecule has 2 rings (SSSR count). The number of hydrogen-bond acceptors (Lipinski definition) is 14. The smallest absolute Gasteiger partial charge is 0.404 e. The average Bonchev–Trinajstić information content (AvgIpc) is 2.76. The molecule has 1 amide bonds. The Bertz CT molecular complexity index is 573. The minimum atomic E-state index is -1.80. The molecule has 10 N–H and O–H groups in total. The molecule has 2 fully saturated rings. The lowest BCUT2D eigenvalue weighted by Gasteiger charge is -2.46. The summed E-state index contributed by atoms with van der Waals surface area (Å²) >= 11 is 0. The van der Waals surface area contributed by atoms with Gasteiger partial charge in [-0.1, -0.05) is 0 Å². The van der Waals surface area contributed by atoms with Gasteiger partial charge in [-0.15, -0.1) is 0 Å². The molecule has 1 unspecified atom stereocenters. The summed E-state index contributed by atoms with van der Waals surface area (Å²) in [4.78, 5) is 11.1. The monoisotopic (exact) mass is 472 g/mol. The van der Waals surface area contributed by atoms with Crippen LogP contribution in [0.3, 0.4) is 0 Å². The van der Waals surface area contributed by atoms with E-state index in [9.17, 15) is 35.4 Å². The molecule has 0 aromatic heterocycles. The fourth-order valence-corrected chi connectivity index (χ4v) is 3.34. The first-order valence-electron chi connectivity index (χ1n) is 10.0. The highest BCUT2D eigenvalue weighted by Gasteiger charge is 2.52. The van der Waals surface area contributed by atoms with Gasteiger partial charge >= 0.3 is 6.09 Å². The highest BCUT2D eigenvalue weighted by molar-refractivity contribution is 5.65. The number of primary amides is 1. The molecule has 32 heavy (non-hydrogen) atoms. The molecular weight excluding hydrogens is 440 g/mol. The summed E-state index contributed by atoms with van der Waals surface area (Å²) in [5.74, 6) is 0. The molecule has 2 aliphatic heterocycles. The fraction of sp³-hybridized carbons (Fsp3) is 0.941. The third-order valence-corrected chi connectivity index (χ3v) is 4.96. The van der Waals surface area contributed by atoms with E-state index in [1.54, 1.807) is 0 Å². The highest BCUT2D eigenvalue weighted by Crippen LogP contribution is 2.30. The highest BCUT2D eigenvalue weighted by atomic mass is 16.8. The van der Waals surface area contributed by atoms with Gasteiger partial charge in [0.25, 0.3) is 0 Å². The number of carbonyl (C=O) groups excluding carboxylic acids is 1. The maximum absolute atomic E-state index is 11.1. The molecule has 10 atom stereocenters. The Morgan fingerprint density at radius 3 is 2.03 bits per heavy atom. The second-order valence-electron chi connectivity index (χ2n) is 7.19. The number of aliphatic hydroxyl groups excluding tert-OH is 6. The van der Waals surface area contributed by atoms with E-state index in [0.717, 1.165) is 0 Å². The Balaban J connectivity index is 2.15. The summed E-state index contributed by atoms with van der Waals surface area (Å²) in [6, 6.07) is 0. The molecule has 0 aromatic rings. The van der Waals surface area contributed by atoms with Crippen LogP contribution in [0.15, 0.2) is 0 Å². The maximum atomic E-state index is 11.1. The summed E-state index contributed by atoms with van der Waals surface area (Å²) in [5, 5.41) is 60.2. The van der Waals surface area contributed by atoms with Crippen molar-refractivity contribution >= 4 is 6.09 Å². The number of aliphatic hydroxyl groups is 6. The molecule has 188 valence electrons. The molecular formula is C17H32N2O13. The Kier molecular flexibility index (Phi) is 10.9. The molecule has 0 bridgehead atoms. The van der Waals surface area contributed by atoms with Gasteiger partial charge in [0.05, 0.1) is 33.0 Å². The molecule has 0 aromatic carbocycles. The van der Waals surface area contributed by atoms with E-state index in [1.165, 1.54) is 0 Å². The number of amides is 1. The SMILES string of the molecule is NCCOCCOC1O[C@@H](CO)[C@@H](O)[C@H](O)[C@@H]1O[C@H]1O[C@H](CO)[C@@H](O)[C@H](OC(N)=O)[C@@H]1O. The van der Waals surface area contributed by atoms with Crippen LogP contribution in [-0.2, 0) is 28.4 Å². The van der Waals surface area contributed by atoms with Crippen molar-refractivity contribution in [1.29, 1.82) is 0 Å².